The molecule has 5 atom stereocenters. The minimum atomic E-state index is -2.72. The van der Waals surface area contributed by atoms with Crippen LogP contribution in [-0.4, -0.2) is 212 Å². The van der Waals surface area contributed by atoms with E-state index in [1.807, 2.05) is 85.6 Å². The van der Waals surface area contributed by atoms with Gasteiger partial charge in [-0.1, -0.05) is 148 Å². The van der Waals surface area contributed by atoms with Crippen molar-refractivity contribution in [3.8, 4) is 5.69 Å². The topological polar surface area (TPSA) is 219 Å². The fourth-order valence-corrected chi connectivity index (χ4v) is 232. The van der Waals surface area contributed by atoms with Gasteiger partial charge in [-0.3, -0.25) is 58.1 Å². The van der Waals surface area contributed by atoms with Gasteiger partial charge in [-0.25, -0.2) is 26.9 Å². The molecule has 807 valence electrons. The summed E-state index contributed by atoms with van der Waals surface area (Å²) in [4.78, 5) is 89.2. The second kappa shape index (κ2) is 69.8. The number of guanidine groups is 1. The number of carbonyl (C=O) groups excluding carboxylic acids is 4. The molecular formula is C93H102BF5I22N15O7S3Si-2. The summed E-state index contributed by atoms with van der Waals surface area (Å²) in [6.07, 6.45) is 8.68. The molecule has 22 nitrogen and oxygen atoms in total. The Morgan fingerprint density at radius 1 is 0.524 bits per heavy atom. The molecule has 0 saturated carbocycles. The second-order valence-electron chi connectivity index (χ2n) is 33.3. The molecule has 8 aromatic carbocycles. The van der Waals surface area contributed by atoms with E-state index in [0.29, 0.717) is 111 Å². The first-order valence-corrected chi connectivity index (χ1v) is 160. The van der Waals surface area contributed by atoms with Gasteiger partial charge in [0.25, 0.3) is 13.9 Å². The van der Waals surface area contributed by atoms with Crippen molar-refractivity contribution in [2.45, 2.75) is 102 Å². The second-order valence-corrected chi connectivity index (χ2v) is 364. The molecule has 0 spiro atoms. The molecule has 54 heteroatoms. The molecule has 4 fully saturated rings. The summed E-state index contributed by atoms with van der Waals surface area (Å²) in [5, 5.41) is 13.4. The van der Waals surface area contributed by atoms with E-state index in [1.165, 1.54) is 75.9 Å². The maximum Gasteiger partial charge on any atom is 0 e. The van der Waals surface area contributed by atoms with Crippen LogP contribution < -0.4 is 59.1 Å². The van der Waals surface area contributed by atoms with Crippen molar-refractivity contribution in [2.24, 2.45) is 22.8 Å². The fourth-order valence-electron chi connectivity index (χ4n) is 16.6. The number of hydrogen-bond acceptors (Lipinski definition) is 15. The van der Waals surface area contributed by atoms with Gasteiger partial charge in [0.2, 0.25) is 35.2 Å². The Morgan fingerprint density at radius 3 is 1.26 bits per heavy atom. The van der Waals surface area contributed by atoms with Crippen LogP contribution in [0.15, 0.2) is 227 Å². The summed E-state index contributed by atoms with van der Waals surface area (Å²) >= 11 is 53.9. The molecule has 4 saturated heterocycles. The Bertz CT molecular complexity index is 6080. The normalized spacial score (nSPS) is 16.6. The molecule has 8 heterocycles. The van der Waals surface area contributed by atoms with Gasteiger partial charge < -0.3 is 44.0 Å². The molecule has 16 rings (SSSR count). The third-order valence-corrected chi connectivity index (χ3v) is 525. The third-order valence-electron chi connectivity index (χ3n) is 22.9. The Labute approximate surface area is 1060 Å². The summed E-state index contributed by atoms with van der Waals surface area (Å²) in [7, 11) is 4.65. The molecule has 3 radical (unpaired) electrons. The number of aryl methyl sites for hydroxylation is 2. The Hall–Kier alpha value is 4.54. The number of hydrogen-bond donors (Lipinski definition) is 2. The quantitative estimate of drug-likeness (QED) is 0.0249. The molecule has 3 N–H and O–H groups in total. The number of aromatic nitrogens is 4. The molecule has 2 aromatic heterocycles. The van der Waals surface area contributed by atoms with Crippen molar-refractivity contribution in [2.75, 3.05) is 87.2 Å². The average Bonchev–Trinajstić information content (AvgIpc) is 1.28. The number of amides is 4. The molecule has 6 aliphatic rings. The average molecular weight is 4560 g/mol. The number of aliphatic hydroxyl groups is 1. The fraction of sp³-hybridized carbons (Fsp3) is 0.323. The van der Waals surface area contributed by atoms with E-state index in [-0.39, 0.29) is 176 Å². The van der Waals surface area contributed by atoms with Crippen molar-refractivity contribution in [3.63, 3.8) is 0 Å². The van der Waals surface area contributed by atoms with Crippen LogP contribution in [0.1, 0.15) is 128 Å². The van der Waals surface area contributed by atoms with Crippen LogP contribution in [0.3, 0.4) is 0 Å². The molecule has 5 unspecified atom stereocenters. The summed E-state index contributed by atoms with van der Waals surface area (Å²) in [5.41, 5.74) is 14.5. The Kier molecular flexibility index (Phi) is 65.7. The van der Waals surface area contributed by atoms with Crippen molar-refractivity contribution >= 4 is 423 Å². The number of likely N-dealkylation sites (N-methyl/N-ethyl adjacent to an activating group) is 4. The number of nitrogens with two attached hydrogens (primary N) is 1. The molecule has 0 aliphatic carbocycles. The van der Waals surface area contributed by atoms with E-state index in [0.717, 1.165) is 62.7 Å². The van der Waals surface area contributed by atoms with Gasteiger partial charge >= 0.3 is 334 Å². The molecule has 4 amide bonds. The molecule has 147 heavy (non-hydrogen) atoms. The van der Waals surface area contributed by atoms with Gasteiger partial charge in [-0.15, -0.1) is 0 Å². The Morgan fingerprint density at radius 2 is 0.912 bits per heavy atom. The first-order valence-electron chi connectivity index (χ1n) is 43.5. The number of nitrogens with zero attached hydrogens (tertiary/aromatic N) is 14. The van der Waals surface area contributed by atoms with Gasteiger partial charge in [0.05, 0.1) is 61.9 Å². The van der Waals surface area contributed by atoms with E-state index < -0.39 is 8.32 Å². The standard InChI is InChI=1S/C29H33FN2O2SSi.C25H24FN5O.C13H16FN3OS.C13H14FN3O.C13H15FN2O2S.B.I7.I6.I5.I4/c1-29(2,3)36(24-11-7-5-8-12-24,25-13-9-6-10-14-25)34-20-19-26(22-15-17-23(30)18-16-22)32-27(33)21-31(4)28(32)35;1-16-12-18(4-9-21(16)30-14-17(2)28-15-30)13-23-24(32)31-22(10-11-27-25(31)29(23)3)19-5-7-20(26)8-6-19;1-16-8-12(18)17(13(16)19)11(6-7-15)9-2-4-10(14)5-3-9;1-16-8-12(18)17-11(6-7-15-13(16)17)9-2-4-10(14)5-3-9;1-15-8-12(18)16(13(15)19)11(6-7-17)9-2-4-10(14)5-3-9;;1-5-7(4)6(2)3;1-5(2)6(3)4;1-4-5(2)3;1-4(2)3/h5-18,26H,19-21H2,1-4H3;4-9,12-15,22H,10-11H2,1-3H3;2-5,11H,6-8,15H2,1H3;2-5,11H,6-8H2,1H3;2-5,11,17H,6-8H2,1H3;;;;;/q;;;;;;-1;;-1;/b;23-13-;;;;;;;;. The monoisotopic (exact) mass is 4560 g/mol. The maximum absolute atomic E-state index is 13.7. The van der Waals surface area contributed by atoms with E-state index in [9.17, 15) is 51.0 Å². The minimum absolute atomic E-state index is 0. The van der Waals surface area contributed by atoms with Gasteiger partial charge in [0, 0.05) is 81.8 Å². The number of imidazole rings is 2. The van der Waals surface area contributed by atoms with Crippen LogP contribution >= 0.6 is 345 Å². The van der Waals surface area contributed by atoms with Crippen LogP contribution in [0.4, 0.5) is 22.0 Å². The van der Waals surface area contributed by atoms with E-state index in [4.69, 9.17) is 46.8 Å². The van der Waals surface area contributed by atoms with Crippen LogP contribution in [0, 0.1) is 42.9 Å². The van der Waals surface area contributed by atoms with Crippen LogP contribution in [-0.2, 0) is 30.7 Å². The summed E-state index contributed by atoms with van der Waals surface area (Å²) in [6.45, 7) is 14.0. The van der Waals surface area contributed by atoms with Crippen LogP contribution in [0.5, 0.6) is 0 Å². The number of rotatable bonds is 24. The zero-order chi connectivity index (χ0) is 108. The van der Waals surface area contributed by atoms with Crippen molar-refractivity contribution in [1.29, 1.82) is 0 Å². The summed E-state index contributed by atoms with van der Waals surface area (Å²) in [6, 6.07) is 57.0. The largest absolute Gasteiger partial charge is 0 e. The number of halogens is 27. The van der Waals surface area contributed by atoms with E-state index in [2.05, 4.69) is 351 Å². The molecular weight excluding hydrogens is 4460 g/mol. The van der Waals surface area contributed by atoms with E-state index >= 15 is 0 Å². The number of carbonyl (C=O) groups is 4. The number of fused-ring (bicyclic) bond motifs is 2. The first-order chi connectivity index (χ1) is 69.1. The molecule has 6 aliphatic heterocycles. The predicted molar refractivity (Wildman–Crippen MR) is 770 cm³/mol. The third kappa shape index (κ3) is 41.6. The molecule has 10 aromatic rings. The number of aliphatic hydroxyl groups excluding tert-OH is 1. The van der Waals surface area contributed by atoms with Crippen molar-refractivity contribution in [3.05, 3.63) is 308 Å². The smallest absolute Gasteiger partial charge is 0 e. The molecule has 0 bridgehead atoms. The SMILES string of the molecule is CN1CC(=O)N(C(CCN)c2ccc(F)cc2)C1=S.CN1CC(=O)N(C(CCO)c2ccc(F)cc2)C1=S.CN1CC(=O)N(C(CCO[Si](c2ccccc2)(c2ccccc2)C(C)(C)C)c2ccc(F)cc2)C1=S.CN1CC(=O)N2C1=NCCC2c1ccc(F)cc1.Cc1cn(-c2ccc(/C=c3/c(=O)n4c(n3C)=NCCC4c3ccc(F)cc3)cc2C)cn1.II(I)I.II(I)I(I)I.I[I-]I(I)I.I[I-]I(I)I(I)I.[B]. The van der Waals surface area contributed by atoms with Gasteiger partial charge in [-0.05, 0) is 222 Å². The maximum atomic E-state index is 13.7. The zero-order valence-corrected chi connectivity index (χ0v) is 131. The Balaban J connectivity index is 0.000000241. The first kappa shape index (κ1) is 138. The van der Waals surface area contributed by atoms with Gasteiger partial charge in [-0.2, -0.15) is 0 Å². The minimum Gasteiger partial charge on any atom is 0 e. The summed E-state index contributed by atoms with van der Waals surface area (Å²) < 4.78 is 78.7. The van der Waals surface area contributed by atoms with Gasteiger partial charge in [0.1, 0.15) is 41.0 Å². The zero-order valence-electron chi connectivity index (χ0n) is 79.8. The van der Waals surface area contributed by atoms with Crippen molar-refractivity contribution < 1.29 is 77.2 Å². The van der Waals surface area contributed by atoms with Gasteiger partial charge in [0.15, 0.2) is 15.3 Å². The van der Waals surface area contributed by atoms with Crippen molar-refractivity contribution in [1.82, 2.24) is 57.9 Å². The van der Waals surface area contributed by atoms with E-state index in [1.54, 1.807) is 115 Å². The van der Waals surface area contributed by atoms with Crippen LogP contribution in [0.2, 0.25) is 5.04 Å². The number of benzene rings is 8. The summed E-state index contributed by atoms with van der Waals surface area (Å²) in [5.74, 6) is -0.893. The van der Waals surface area contributed by atoms with Crippen LogP contribution in [0.25, 0.3) is 11.8 Å². The predicted octanol–water partition coefficient (Wildman–Crippen LogP) is 22.8. The number of aliphatic imine (C=N–C) groups is 1. The number of thiocarbonyl (C=S) groups is 3.